The average Bonchev–Trinajstić information content (AvgIpc) is 3.36. The summed E-state index contributed by atoms with van der Waals surface area (Å²) in [5.74, 6) is 0.0325. The monoisotopic (exact) mass is 370 g/mol. The van der Waals surface area contributed by atoms with Crippen LogP contribution in [0.25, 0.3) is 0 Å². The summed E-state index contributed by atoms with van der Waals surface area (Å²) in [5.41, 5.74) is -0.210. The lowest BCUT2D eigenvalue weighted by Gasteiger charge is -2.38. The maximum absolute atomic E-state index is 12.8. The number of carbonyl (C=O) groups is 1. The molecule has 0 bridgehead atoms. The van der Waals surface area contributed by atoms with Crippen LogP contribution in [0.2, 0.25) is 0 Å². The van der Waals surface area contributed by atoms with Gasteiger partial charge in [0.15, 0.2) is 0 Å². The number of benzene rings is 1. The van der Waals surface area contributed by atoms with Gasteiger partial charge >= 0.3 is 6.18 Å². The van der Waals surface area contributed by atoms with Crippen LogP contribution in [0.4, 0.5) is 13.2 Å². The van der Waals surface area contributed by atoms with Crippen LogP contribution in [0.3, 0.4) is 0 Å². The van der Waals surface area contributed by atoms with Gasteiger partial charge in [0.05, 0.1) is 24.3 Å². The van der Waals surface area contributed by atoms with E-state index >= 15 is 0 Å². The Bertz CT molecular complexity index is 639. The van der Waals surface area contributed by atoms with Crippen LogP contribution >= 0.6 is 0 Å². The lowest BCUT2D eigenvalue weighted by Crippen LogP contribution is -2.51. The molecule has 0 aromatic heterocycles. The number of carbonyl (C=O) groups excluding carboxylic acids is 1. The Hall–Kier alpha value is -1.60. The third kappa shape index (κ3) is 4.98. The van der Waals surface area contributed by atoms with Crippen LogP contribution in [-0.2, 0) is 22.3 Å². The number of ether oxygens (including phenoxy) is 1. The van der Waals surface area contributed by atoms with Crippen molar-refractivity contribution in [2.45, 2.75) is 51.1 Å². The molecule has 4 nitrogen and oxygen atoms in total. The van der Waals surface area contributed by atoms with Crippen LogP contribution in [0.1, 0.15) is 37.8 Å². The van der Waals surface area contributed by atoms with Crippen LogP contribution in [0.15, 0.2) is 24.3 Å². The Balaban J connectivity index is 1.63. The summed E-state index contributed by atoms with van der Waals surface area (Å²) in [6.07, 6.45) is -2.42. The lowest BCUT2D eigenvalue weighted by molar-refractivity contribution is -0.139. The molecule has 1 aliphatic carbocycles. The molecule has 1 aromatic rings. The Morgan fingerprint density at radius 1 is 1.27 bits per heavy atom. The SMILES string of the molecule is CC1(C)CN(CC(=O)N(Cc2ccc(C(F)(F)F)cc2)C2CC2)CCO1. The van der Waals surface area contributed by atoms with E-state index in [-0.39, 0.29) is 17.6 Å². The van der Waals surface area contributed by atoms with E-state index < -0.39 is 11.7 Å². The number of rotatable bonds is 5. The van der Waals surface area contributed by atoms with Crippen molar-refractivity contribution in [3.63, 3.8) is 0 Å². The second kappa shape index (κ2) is 7.19. The molecular formula is C19H25F3N2O2. The van der Waals surface area contributed by atoms with Crippen molar-refractivity contribution in [3.8, 4) is 0 Å². The summed E-state index contributed by atoms with van der Waals surface area (Å²) < 4.78 is 43.7. The first-order valence-corrected chi connectivity index (χ1v) is 8.96. The van der Waals surface area contributed by atoms with E-state index in [4.69, 9.17) is 4.74 Å². The largest absolute Gasteiger partial charge is 0.416 e. The van der Waals surface area contributed by atoms with E-state index in [0.717, 1.165) is 30.5 Å². The molecule has 26 heavy (non-hydrogen) atoms. The molecule has 0 atom stereocenters. The summed E-state index contributed by atoms with van der Waals surface area (Å²) >= 11 is 0. The van der Waals surface area contributed by atoms with Gasteiger partial charge in [-0.05, 0) is 44.4 Å². The van der Waals surface area contributed by atoms with Gasteiger partial charge in [0.25, 0.3) is 0 Å². The van der Waals surface area contributed by atoms with Crippen molar-refractivity contribution in [2.24, 2.45) is 0 Å². The van der Waals surface area contributed by atoms with Crippen molar-refractivity contribution in [2.75, 3.05) is 26.2 Å². The normalized spacial score (nSPS) is 20.8. The molecule has 0 radical (unpaired) electrons. The first-order valence-electron chi connectivity index (χ1n) is 8.96. The van der Waals surface area contributed by atoms with Gasteiger partial charge in [-0.1, -0.05) is 12.1 Å². The molecule has 1 amide bonds. The fourth-order valence-corrected chi connectivity index (χ4v) is 3.33. The summed E-state index contributed by atoms with van der Waals surface area (Å²) in [5, 5.41) is 0. The second-order valence-electron chi connectivity index (χ2n) is 7.77. The summed E-state index contributed by atoms with van der Waals surface area (Å²) in [4.78, 5) is 16.7. The highest BCUT2D eigenvalue weighted by Gasteiger charge is 2.35. The van der Waals surface area contributed by atoms with Gasteiger partial charge in [-0.15, -0.1) is 0 Å². The molecule has 0 spiro atoms. The Morgan fingerprint density at radius 2 is 1.92 bits per heavy atom. The molecule has 0 unspecified atom stereocenters. The lowest BCUT2D eigenvalue weighted by atomic mass is 10.1. The third-order valence-electron chi connectivity index (χ3n) is 4.81. The van der Waals surface area contributed by atoms with E-state index in [0.29, 0.717) is 32.8 Å². The van der Waals surface area contributed by atoms with Crippen LogP contribution in [0.5, 0.6) is 0 Å². The van der Waals surface area contributed by atoms with Crippen molar-refractivity contribution in [1.82, 2.24) is 9.80 Å². The molecule has 1 saturated heterocycles. The zero-order chi connectivity index (χ0) is 18.9. The number of hydrogen-bond donors (Lipinski definition) is 0. The zero-order valence-electron chi connectivity index (χ0n) is 15.2. The van der Waals surface area contributed by atoms with Gasteiger partial charge in [-0.2, -0.15) is 13.2 Å². The molecule has 2 aliphatic rings. The average molecular weight is 370 g/mol. The number of alkyl halides is 3. The maximum atomic E-state index is 12.8. The molecule has 1 saturated carbocycles. The number of halogens is 3. The number of morpholine rings is 1. The van der Waals surface area contributed by atoms with Crippen molar-refractivity contribution >= 4 is 5.91 Å². The molecule has 1 heterocycles. The van der Waals surface area contributed by atoms with Gasteiger partial charge in [-0.25, -0.2) is 0 Å². The summed E-state index contributed by atoms with van der Waals surface area (Å²) in [6.45, 7) is 6.70. The number of nitrogens with zero attached hydrogens (tertiary/aromatic N) is 2. The first kappa shape index (κ1) is 19.2. The molecule has 1 aromatic carbocycles. The van der Waals surface area contributed by atoms with Gasteiger partial charge in [0, 0.05) is 25.7 Å². The van der Waals surface area contributed by atoms with Gasteiger partial charge in [0.2, 0.25) is 5.91 Å². The number of amides is 1. The molecule has 144 valence electrons. The number of hydrogen-bond acceptors (Lipinski definition) is 3. The van der Waals surface area contributed by atoms with Crippen LogP contribution < -0.4 is 0 Å². The smallest absolute Gasteiger partial charge is 0.373 e. The molecule has 0 N–H and O–H groups in total. The standard InChI is InChI=1S/C19H25F3N2O2/c1-18(2)13-23(9-10-26-18)12-17(25)24(16-7-8-16)11-14-3-5-15(6-4-14)19(20,21)22/h3-6,16H,7-13H2,1-2H3. The molecule has 2 fully saturated rings. The minimum Gasteiger partial charge on any atom is -0.373 e. The van der Waals surface area contributed by atoms with Gasteiger partial charge < -0.3 is 9.64 Å². The predicted molar refractivity (Wildman–Crippen MR) is 91.5 cm³/mol. The molecular weight excluding hydrogens is 345 g/mol. The highest BCUT2D eigenvalue weighted by atomic mass is 19.4. The van der Waals surface area contributed by atoms with Gasteiger partial charge in [0.1, 0.15) is 0 Å². The Kier molecular flexibility index (Phi) is 5.30. The predicted octanol–water partition coefficient (Wildman–Crippen LogP) is 3.31. The minimum atomic E-state index is -4.34. The van der Waals surface area contributed by atoms with E-state index in [2.05, 4.69) is 4.90 Å². The maximum Gasteiger partial charge on any atom is 0.416 e. The van der Waals surface area contributed by atoms with Crippen molar-refractivity contribution < 1.29 is 22.7 Å². The fourth-order valence-electron chi connectivity index (χ4n) is 3.33. The van der Waals surface area contributed by atoms with E-state index in [1.54, 1.807) is 0 Å². The summed E-state index contributed by atoms with van der Waals surface area (Å²) in [6, 6.07) is 5.29. The minimum absolute atomic E-state index is 0.0325. The topological polar surface area (TPSA) is 32.8 Å². The zero-order valence-corrected chi connectivity index (χ0v) is 15.2. The highest BCUT2D eigenvalue weighted by molar-refractivity contribution is 5.79. The van der Waals surface area contributed by atoms with Crippen LogP contribution in [0, 0.1) is 0 Å². The van der Waals surface area contributed by atoms with Crippen molar-refractivity contribution in [1.29, 1.82) is 0 Å². The fraction of sp³-hybridized carbons (Fsp3) is 0.632. The van der Waals surface area contributed by atoms with E-state index in [1.807, 2.05) is 18.7 Å². The Morgan fingerprint density at radius 3 is 2.46 bits per heavy atom. The Labute approximate surface area is 151 Å². The highest BCUT2D eigenvalue weighted by Crippen LogP contribution is 2.31. The van der Waals surface area contributed by atoms with Gasteiger partial charge in [-0.3, -0.25) is 9.69 Å². The van der Waals surface area contributed by atoms with E-state index in [1.165, 1.54) is 12.1 Å². The first-order chi connectivity index (χ1) is 12.1. The van der Waals surface area contributed by atoms with Crippen LogP contribution in [-0.4, -0.2) is 53.6 Å². The second-order valence-corrected chi connectivity index (χ2v) is 7.77. The van der Waals surface area contributed by atoms with Crippen molar-refractivity contribution in [3.05, 3.63) is 35.4 Å². The summed E-state index contributed by atoms with van der Waals surface area (Å²) in [7, 11) is 0. The van der Waals surface area contributed by atoms with E-state index in [9.17, 15) is 18.0 Å². The molecule has 3 rings (SSSR count). The quantitative estimate of drug-likeness (QED) is 0.797. The third-order valence-corrected chi connectivity index (χ3v) is 4.81. The molecule has 1 aliphatic heterocycles. The molecule has 7 heteroatoms.